The maximum absolute atomic E-state index is 12.1. The summed E-state index contributed by atoms with van der Waals surface area (Å²) in [5.74, 6) is 2.06. The van der Waals surface area contributed by atoms with E-state index in [4.69, 9.17) is 9.47 Å². The number of methoxy groups -OCH3 is 1. The third-order valence-electron chi connectivity index (χ3n) is 4.26. The maximum Gasteiger partial charge on any atom is 0.242 e. The van der Waals surface area contributed by atoms with E-state index >= 15 is 0 Å². The number of benzene rings is 2. The summed E-state index contributed by atoms with van der Waals surface area (Å²) in [6.45, 7) is 7.75. The van der Waals surface area contributed by atoms with E-state index < -0.39 is 0 Å². The third-order valence-corrected chi connectivity index (χ3v) is 4.26. The van der Waals surface area contributed by atoms with E-state index in [1.165, 1.54) is 0 Å². The van der Waals surface area contributed by atoms with Crippen molar-refractivity contribution >= 4 is 11.9 Å². The Hall–Kier alpha value is -3.22. The van der Waals surface area contributed by atoms with Crippen LogP contribution in [0.3, 0.4) is 0 Å². The number of carbonyl (C=O) groups excluding carboxylic acids is 1. The van der Waals surface area contributed by atoms with Gasteiger partial charge in [-0.3, -0.25) is 4.79 Å². The van der Waals surface area contributed by atoms with Crippen LogP contribution < -0.4 is 25.4 Å². The predicted molar refractivity (Wildman–Crippen MR) is 120 cm³/mol. The van der Waals surface area contributed by atoms with Crippen LogP contribution in [-0.4, -0.2) is 44.7 Å². The van der Waals surface area contributed by atoms with Gasteiger partial charge in [0, 0.05) is 13.1 Å². The Morgan fingerprint density at radius 3 is 2.50 bits per heavy atom. The van der Waals surface area contributed by atoms with Crippen molar-refractivity contribution in [2.75, 3.05) is 26.7 Å². The number of hydrogen-bond donors (Lipinski definition) is 3. The van der Waals surface area contributed by atoms with Gasteiger partial charge in [0.2, 0.25) is 5.91 Å². The van der Waals surface area contributed by atoms with Crippen LogP contribution in [0.2, 0.25) is 0 Å². The molecule has 0 bridgehead atoms. The van der Waals surface area contributed by atoms with Crippen LogP contribution in [0.25, 0.3) is 0 Å². The first-order chi connectivity index (χ1) is 14.5. The molecule has 1 amide bonds. The second-order valence-electron chi connectivity index (χ2n) is 6.95. The Bertz CT molecular complexity index is 821. The lowest BCUT2D eigenvalue weighted by atomic mass is 10.2. The summed E-state index contributed by atoms with van der Waals surface area (Å²) in [7, 11) is 1.63. The minimum Gasteiger partial charge on any atom is -0.497 e. The van der Waals surface area contributed by atoms with Gasteiger partial charge in [0.1, 0.15) is 24.1 Å². The molecule has 162 valence electrons. The van der Waals surface area contributed by atoms with E-state index in [1.54, 1.807) is 7.11 Å². The standard InChI is InChI=1S/C23H32N4O3/c1-5-24-23(26-14-18(3)30-21-8-6-7-17(2)13-21)27-16-22(28)25-15-19-9-11-20(29-4)12-10-19/h6-13,18H,5,14-16H2,1-4H3,(H,25,28)(H2,24,26,27). The Morgan fingerprint density at radius 2 is 1.83 bits per heavy atom. The van der Waals surface area contributed by atoms with Crippen LogP contribution in [0.1, 0.15) is 25.0 Å². The summed E-state index contributed by atoms with van der Waals surface area (Å²) in [6.07, 6.45) is -0.0560. The van der Waals surface area contributed by atoms with Gasteiger partial charge < -0.3 is 25.4 Å². The molecule has 0 fully saturated rings. The largest absolute Gasteiger partial charge is 0.497 e. The van der Waals surface area contributed by atoms with E-state index in [0.29, 0.717) is 25.6 Å². The quantitative estimate of drug-likeness (QED) is 0.413. The fraction of sp³-hybridized carbons (Fsp3) is 0.391. The number of guanidine groups is 1. The van der Waals surface area contributed by atoms with E-state index in [1.807, 2.05) is 69.3 Å². The van der Waals surface area contributed by atoms with Crippen molar-refractivity contribution in [2.45, 2.75) is 33.4 Å². The van der Waals surface area contributed by atoms with Crippen molar-refractivity contribution in [2.24, 2.45) is 4.99 Å². The second-order valence-corrected chi connectivity index (χ2v) is 6.95. The monoisotopic (exact) mass is 412 g/mol. The summed E-state index contributed by atoms with van der Waals surface area (Å²) in [4.78, 5) is 16.5. The zero-order valence-electron chi connectivity index (χ0n) is 18.2. The van der Waals surface area contributed by atoms with Crippen LogP contribution in [0, 0.1) is 6.92 Å². The maximum atomic E-state index is 12.1. The Kier molecular flexibility index (Phi) is 9.51. The lowest BCUT2D eigenvalue weighted by molar-refractivity contribution is -0.119. The normalized spacial score (nSPS) is 12.1. The Labute approximate surface area is 178 Å². The van der Waals surface area contributed by atoms with Gasteiger partial charge >= 0.3 is 0 Å². The van der Waals surface area contributed by atoms with Gasteiger partial charge in [0.15, 0.2) is 5.96 Å². The highest BCUT2D eigenvalue weighted by molar-refractivity contribution is 5.84. The van der Waals surface area contributed by atoms with Crippen molar-refractivity contribution in [3.8, 4) is 11.5 Å². The molecule has 0 heterocycles. The first kappa shape index (κ1) is 23.1. The van der Waals surface area contributed by atoms with E-state index in [2.05, 4.69) is 20.9 Å². The van der Waals surface area contributed by atoms with Crippen LogP contribution >= 0.6 is 0 Å². The van der Waals surface area contributed by atoms with E-state index in [9.17, 15) is 4.79 Å². The van der Waals surface area contributed by atoms with Crippen LogP contribution in [0.4, 0.5) is 0 Å². The smallest absolute Gasteiger partial charge is 0.242 e. The molecule has 30 heavy (non-hydrogen) atoms. The molecular weight excluding hydrogens is 380 g/mol. The number of ether oxygens (including phenoxy) is 2. The number of aryl methyl sites for hydroxylation is 1. The third kappa shape index (κ3) is 8.43. The number of hydrogen-bond acceptors (Lipinski definition) is 4. The van der Waals surface area contributed by atoms with Gasteiger partial charge in [-0.1, -0.05) is 24.3 Å². The molecule has 3 N–H and O–H groups in total. The lowest BCUT2D eigenvalue weighted by Gasteiger charge is -2.18. The molecule has 7 nitrogen and oxygen atoms in total. The summed E-state index contributed by atoms with van der Waals surface area (Å²) in [6, 6.07) is 15.5. The minimum atomic E-state index is -0.146. The number of nitrogens with zero attached hydrogens (tertiary/aromatic N) is 1. The molecule has 0 aliphatic rings. The fourth-order valence-electron chi connectivity index (χ4n) is 2.70. The molecule has 1 atom stereocenters. The topological polar surface area (TPSA) is 84.0 Å². The molecule has 0 radical (unpaired) electrons. The van der Waals surface area contributed by atoms with Crippen LogP contribution in [0.5, 0.6) is 11.5 Å². The van der Waals surface area contributed by atoms with Crippen molar-refractivity contribution in [1.29, 1.82) is 0 Å². The van der Waals surface area contributed by atoms with Gasteiger partial charge in [0.25, 0.3) is 0 Å². The number of rotatable bonds is 10. The molecule has 2 rings (SSSR count). The molecule has 2 aromatic rings. The second kappa shape index (κ2) is 12.4. The lowest BCUT2D eigenvalue weighted by Crippen LogP contribution is -2.42. The van der Waals surface area contributed by atoms with Gasteiger partial charge in [-0.2, -0.15) is 0 Å². The van der Waals surface area contributed by atoms with E-state index in [0.717, 1.165) is 22.6 Å². The van der Waals surface area contributed by atoms with Crippen LogP contribution in [0.15, 0.2) is 53.5 Å². The van der Waals surface area contributed by atoms with Crippen molar-refractivity contribution in [3.63, 3.8) is 0 Å². The molecule has 2 aromatic carbocycles. The molecule has 0 saturated carbocycles. The number of aliphatic imine (C=N–C) groups is 1. The van der Waals surface area contributed by atoms with Gasteiger partial charge in [0.05, 0.1) is 13.7 Å². The van der Waals surface area contributed by atoms with Crippen molar-refractivity contribution < 1.29 is 14.3 Å². The predicted octanol–water partition coefficient (Wildman–Crippen LogP) is 2.64. The first-order valence-electron chi connectivity index (χ1n) is 10.1. The highest BCUT2D eigenvalue weighted by Crippen LogP contribution is 2.14. The summed E-state index contributed by atoms with van der Waals surface area (Å²) >= 11 is 0. The molecule has 0 aliphatic heterocycles. The Morgan fingerprint density at radius 1 is 1.07 bits per heavy atom. The first-order valence-corrected chi connectivity index (χ1v) is 10.1. The molecule has 0 aromatic heterocycles. The van der Waals surface area contributed by atoms with Gasteiger partial charge in [-0.05, 0) is 56.2 Å². The molecule has 0 aliphatic carbocycles. The fourth-order valence-corrected chi connectivity index (χ4v) is 2.70. The van der Waals surface area contributed by atoms with E-state index in [-0.39, 0.29) is 18.6 Å². The van der Waals surface area contributed by atoms with Crippen molar-refractivity contribution in [3.05, 3.63) is 59.7 Å². The van der Waals surface area contributed by atoms with Crippen LogP contribution in [-0.2, 0) is 11.3 Å². The molecule has 7 heteroatoms. The number of nitrogens with one attached hydrogen (secondary N) is 3. The highest BCUT2D eigenvalue weighted by atomic mass is 16.5. The molecule has 0 saturated heterocycles. The SMILES string of the molecule is CCNC(=NCC(=O)NCc1ccc(OC)cc1)NCC(C)Oc1cccc(C)c1. The molecular formula is C23H32N4O3. The summed E-state index contributed by atoms with van der Waals surface area (Å²) < 4.78 is 11.1. The number of carbonyl (C=O) groups is 1. The zero-order valence-corrected chi connectivity index (χ0v) is 18.2. The van der Waals surface area contributed by atoms with Gasteiger partial charge in [-0.15, -0.1) is 0 Å². The minimum absolute atomic E-state index is 0.0403. The van der Waals surface area contributed by atoms with Gasteiger partial charge in [-0.25, -0.2) is 4.99 Å². The molecule has 0 spiro atoms. The number of amides is 1. The highest BCUT2D eigenvalue weighted by Gasteiger charge is 2.07. The zero-order chi connectivity index (χ0) is 21.8. The average molecular weight is 413 g/mol. The molecule has 1 unspecified atom stereocenters. The Balaban J connectivity index is 1.78. The summed E-state index contributed by atoms with van der Waals surface area (Å²) in [5, 5.41) is 9.23. The summed E-state index contributed by atoms with van der Waals surface area (Å²) in [5.41, 5.74) is 2.16. The van der Waals surface area contributed by atoms with Crippen molar-refractivity contribution in [1.82, 2.24) is 16.0 Å². The average Bonchev–Trinajstić information content (AvgIpc) is 2.74.